The van der Waals surface area contributed by atoms with Gasteiger partial charge in [-0.1, -0.05) is 23.8 Å². The average molecular weight is 352 g/mol. The third-order valence-electron chi connectivity index (χ3n) is 4.38. The van der Waals surface area contributed by atoms with Crippen molar-refractivity contribution in [2.75, 3.05) is 19.0 Å². The van der Waals surface area contributed by atoms with Crippen LogP contribution in [-0.2, 0) is 0 Å². The highest BCUT2D eigenvalue weighted by molar-refractivity contribution is 5.92. The molecule has 6 nitrogen and oxygen atoms in total. The van der Waals surface area contributed by atoms with Gasteiger partial charge in [-0.3, -0.25) is 4.79 Å². The van der Waals surface area contributed by atoms with E-state index in [1.54, 1.807) is 19.2 Å². The van der Waals surface area contributed by atoms with Crippen molar-refractivity contribution in [2.24, 2.45) is 0 Å². The third kappa shape index (κ3) is 4.81. The van der Waals surface area contributed by atoms with Crippen LogP contribution in [0.2, 0.25) is 0 Å². The second kappa shape index (κ2) is 8.99. The van der Waals surface area contributed by atoms with Crippen molar-refractivity contribution in [1.29, 1.82) is 0 Å². The van der Waals surface area contributed by atoms with E-state index in [1.807, 2.05) is 24.3 Å². The number of nitrogens with zero attached hydrogens (tertiary/aromatic N) is 2. The Morgan fingerprint density at radius 3 is 2.77 bits per heavy atom. The molecule has 6 heteroatoms. The predicted octanol–water partition coefficient (Wildman–Crippen LogP) is 3.85. The molecule has 0 spiro atoms. The summed E-state index contributed by atoms with van der Waals surface area (Å²) in [4.78, 5) is 12.2. The summed E-state index contributed by atoms with van der Waals surface area (Å²) in [5, 5.41) is 14.1. The Balaban J connectivity index is 1.53. The van der Waals surface area contributed by atoms with Crippen LogP contribution in [-0.4, -0.2) is 29.8 Å². The largest absolute Gasteiger partial charge is 0.495 e. The quantitative estimate of drug-likeness (QED) is 0.740. The summed E-state index contributed by atoms with van der Waals surface area (Å²) in [7, 11) is 1.61. The lowest BCUT2D eigenvalue weighted by Crippen LogP contribution is -2.26. The number of nitrogens with one attached hydrogen (secondary N) is 2. The molecule has 1 aromatic heterocycles. The molecule has 0 bridgehead atoms. The van der Waals surface area contributed by atoms with Gasteiger partial charge in [-0.2, -0.15) is 0 Å². The SMILES string of the molecule is COc1ccccc1Nc1ccc(C(=O)NCCC2=CCCCC2)nn1. The van der Waals surface area contributed by atoms with Gasteiger partial charge in [0, 0.05) is 6.54 Å². The average Bonchev–Trinajstić information content (AvgIpc) is 2.70. The van der Waals surface area contributed by atoms with Crippen LogP contribution in [0.15, 0.2) is 48.0 Å². The smallest absolute Gasteiger partial charge is 0.271 e. The molecule has 0 unspecified atom stereocenters. The molecule has 1 aliphatic carbocycles. The van der Waals surface area contributed by atoms with E-state index < -0.39 is 0 Å². The number of aromatic nitrogens is 2. The zero-order chi connectivity index (χ0) is 18.2. The predicted molar refractivity (Wildman–Crippen MR) is 102 cm³/mol. The maximum absolute atomic E-state index is 12.2. The molecule has 0 radical (unpaired) electrons. The molecule has 26 heavy (non-hydrogen) atoms. The van der Waals surface area contributed by atoms with Crippen LogP contribution in [0.3, 0.4) is 0 Å². The second-order valence-electron chi connectivity index (χ2n) is 6.24. The van der Waals surface area contributed by atoms with E-state index in [1.165, 1.54) is 18.4 Å². The van der Waals surface area contributed by atoms with Gasteiger partial charge in [0.1, 0.15) is 5.75 Å². The van der Waals surface area contributed by atoms with E-state index in [0.29, 0.717) is 23.8 Å². The van der Waals surface area contributed by atoms with Gasteiger partial charge < -0.3 is 15.4 Å². The van der Waals surface area contributed by atoms with Gasteiger partial charge >= 0.3 is 0 Å². The first kappa shape index (κ1) is 17.9. The summed E-state index contributed by atoms with van der Waals surface area (Å²) >= 11 is 0. The van der Waals surface area contributed by atoms with Crippen molar-refractivity contribution in [2.45, 2.75) is 32.1 Å². The van der Waals surface area contributed by atoms with Gasteiger partial charge in [0.15, 0.2) is 11.5 Å². The molecule has 136 valence electrons. The minimum absolute atomic E-state index is 0.197. The first-order valence-corrected chi connectivity index (χ1v) is 8.96. The maximum atomic E-state index is 12.2. The van der Waals surface area contributed by atoms with Crippen molar-refractivity contribution in [3.8, 4) is 5.75 Å². The van der Waals surface area contributed by atoms with Gasteiger partial charge in [0.05, 0.1) is 12.8 Å². The Kier molecular flexibility index (Phi) is 6.19. The molecule has 1 aromatic carbocycles. The molecule has 0 aliphatic heterocycles. The minimum Gasteiger partial charge on any atom is -0.495 e. The number of hydrogen-bond donors (Lipinski definition) is 2. The molecular weight excluding hydrogens is 328 g/mol. The van der Waals surface area contributed by atoms with Crippen molar-refractivity contribution in [1.82, 2.24) is 15.5 Å². The Morgan fingerprint density at radius 1 is 1.15 bits per heavy atom. The van der Waals surface area contributed by atoms with Gasteiger partial charge in [0.25, 0.3) is 5.91 Å². The van der Waals surface area contributed by atoms with Crippen molar-refractivity contribution in [3.63, 3.8) is 0 Å². The van der Waals surface area contributed by atoms with Crippen molar-refractivity contribution in [3.05, 3.63) is 53.7 Å². The van der Waals surface area contributed by atoms with Gasteiger partial charge in [0.2, 0.25) is 0 Å². The Morgan fingerprint density at radius 2 is 2.04 bits per heavy atom. The molecule has 0 saturated heterocycles. The van der Waals surface area contributed by atoms with E-state index in [-0.39, 0.29) is 5.91 Å². The number of carbonyl (C=O) groups is 1. The van der Waals surface area contributed by atoms with Crippen molar-refractivity contribution >= 4 is 17.4 Å². The molecule has 1 heterocycles. The van der Waals surface area contributed by atoms with Crippen LogP contribution in [0.1, 0.15) is 42.6 Å². The highest BCUT2D eigenvalue weighted by Crippen LogP contribution is 2.25. The standard InChI is InChI=1S/C20H24N4O2/c1-26-18-10-6-5-9-16(18)22-19-12-11-17(23-24-19)20(25)21-14-13-15-7-3-2-4-8-15/h5-7,9-12H,2-4,8,13-14H2,1H3,(H,21,25)(H,22,24). The lowest BCUT2D eigenvalue weighted by molar-refractivity contribution is 0.0948. The topological polar surface area (TPSA) is 76.1 Å². The molecular formula is C20H24N4O2. The summed E-state index contributed by atoms with van der Waals surface area (Å²) < 4.78 is 5.29. The number of hydrogen-bond acceptors (Lipinski definition) is 5. The summed E-state index contributed by atoms with van der Waals surface area (Å²) in [5.74, 6) is 1.07. The maximum Gasteiger partial charge on any atom is 0.271 e. The van der Waals surface area contributed by atoms with Crippen LogP contribution in [0.4, 0.5) is 11.5 Å². The van der Waals surface area contributed by atoms with E-state index in [9.17, 15) is 4.79 Å². The normalized spacial score (nSPS) is 13.7. The number of ether oxygens (including phenoxy) is 1. The first-order valence-electron chi connectivity index (χ1n) is 8.96. The van der Waals surface area contributed by atoms with Crippen LogP contribution in [0.25, 0.3) is 0 Å². The molecule has 0 atom stereocenters. The fourth-order valence-corrected chi connectivity index (χ4v) is 2.96. The Labute approximate surface area is 153 Å². The Bertz CT molecular complexity index is 772. The number of benzene rings is 1. The number of para-hydroxylation sites is 2. The number of rotatable bonds is 7. The monoisotopic (exact) mass is 352 g/mol. The summed E-state index contributed by atoms with van der Waals surface area (Å²) in [5.41, 5.74) is 2.55. The number of carbonyl (C=O) groups excluding carboxylic acids is 1. The van der Waals surface area contributed by atoms with Crippen molar-refractivity contribution < 1.29 is 9.53 Å². The number of amides is 1. The lowest BCUT2D eigenvalue weighted by Gasteiger charge is -2.13. The van der Waals surface area contributed by atoms with Crippen LogP contribution in [0, 0.1) is 0 Å². The molecule has 0 fully saturated rings. The van der Waals surface area contributed by atoms with Crippen LogP contribution < -0.4 is 15.4 Å². The second-order valence-corrected chi connectivity index (χ2v) is 6.24. The molecule has 1 aliphatic rings. The summed E-state index contributed by atoms with van der Waals surface area (Å²) in [6, 6.07) is 11.0. The third-order valence-corrected chi connectivity index (χ3v) is 4.38. The molecule has 2 aromatic rings. The molecule has 0 saturated carbocycles. The summed E-state index contributed by atoms with van der Waals surface area (Å²) in [6.45, 7) is 0.633. The van der Waals surface area contributed by atoms with Gasteiger partial charge in [-0.05, 0) is 56.4 Å². The molecule has 2 N–H and O–H groups in total. The minimum atomic E-state index is -0.197. The van der Waals surface area contributed by atoms with E-state index in [4.69, 9.17) is 4.74 Å². The number of allylic oxidation sites excluding steroid dienone is 1. The van der Waals surface area contributed by atoms with E-state index >= 15 is 0 Å². The fourth-order valence-electron chi connectivity index (χ4n) is 2.96. The number of anilines is 2. The van der Waals surface area contributed by atoms with E-state index in [0.717, 1.165) is 24.9 Å². The Hall–Kier alpha value is -2.89. The number of methoxy groups -OCH3 is 1. The summed E-state index contributed by atoms with van der Waals surface area (Å²) in [6.07, 6.45) is 8.06. The zero-order valence-electron chi connectivity index (χ0n) is 15.0. The highest BCUT2D eigenvalue weighted by Gasteiger charge is 2.10. The lowest BCUT2D eigenvalue weighted by atomic mass is 9.97. The van der Waals surface area contributed by atoms with Gasteiger partial charge in [-0.25, -0.2) is 0 Å². The zero-order valence-corrected chi connectivity index (χ0v) is 15.0. The van der Waals surface area contributed by atoms with Gasteiger partial charge in [-0.15, -0.1) is 10.2 Å². The van der Waals surface area contributed by atoms with Crippen LogP contribution in [0.5, 0.6) is 5.75 Å². The van der Waals surface area contributed by atoms with E-state index in [2.05, 4.69) is 26.9 Å². The molecule has 3 rings (SSSR count). The molecule has 1 amide bonds. The first-order chi connectivity index (χ1) is 12.8. The fraction of sp³-hybridized carbons (Fsp3) is 0.350. The highest BCUT2D eigenvalue weighted by atomic mass is 16.5. The van der Waals surface area contributed by atoms with Crippen LogP contribution >= 0.6 is 0 Å².